The van der Waals surface area contributed by atoms with Gasteiger partial charge in [-0.1, -0.05) is 55.5 Å². The molecule has 4 nitrogen and oxygen atoms in total. The standard InChI is InChI=1S/C21H24N2O2/c1-2-17-9-6-10-19-18(14-22-21(17)19)13-20(25)23(11-12-24)15-16-7-4-3-5-8-16/h3-10,14,22,24H,2,11-13,15H2,1H3. The summed E-state index contributed by atoms with van der Waals surface area (Å²) in [6.07, 6.45) is 3.22. The molecule has 0 atom stereocenters. The van der Waals surface area contributed by atoms with E-state index < -0.39 is 0 Å². The number of hydrogen-bond donors (Lipinski definition) is 2. The SMILES string of the molecule is CCc1cccc2c(CC(=O)N(CCO)Cc3ccccc3)c[nH]c12. The highest BCUT2D eigenvalue weighted by Gasteiger charge is 2.16. The Morgan fingerprint density at radius 1 is 1.08 bits per heavy atom. The summed E-state index contributed by atoms with van der Waals surface area (Å²) in [5.74, 6) is 0.0284. The summed E-state index contributed by atoms with van der Waals surface area (Å²) in [5.41, 5.74) is 4.44. The van der Waals surface area contributed by atoms with E-state index in [9.17, 15) is 9.90 Å². The van der Waals surface area contributed by atoms with Gasteiger partial charge >= 0.3 is 0 Å². The molecule has 0 spiro atoms. The number of carbonyl (C=O) groups is 1. The highest BCUT2D eigenvalue weighted by atomic mass is 16.3. The first-order valence-corrected chi connectivity index (χ1v) is 8.73. The molecule has 0 bridgehead atoms. The second-order valence-corrected chi connectivity index (χ2v) is 6.21. The Kier molecular flexibility index (Phi) is 5.51. The number of aromatic nitrogens is 1. The molecule has 4 heteroatoms. The normalized spacial score (nSPS) is 11.0. The molecule has 0 saturated carbocycles. The molecule has 0 saturated heterocycles. The van der Waals surface area contributed by atoms with Crippen molar-refractivity contribution in [1.82, 2.24) is 9.88 Å². The molecule has 0 unspecified atom stereocenters. The molecule has 0 aliphatic rings. The van der Waals surface area contributed by atoms with Gasteiger partial charge in [-0.05, 0) is 23.1 Å². The van der Waals surface area contributed by atoms with Crippen molar-refractivity contribution in [2.24, 2.45) is 0 Å². The van der Waals surface area contributed by atoms with Gasteiger partial charge in [0.05, 0.1) is 13.0 Å². The van der Waals surface area contributed by atoms with Gasteiger partial charge in [0.25, 0.3) is 0 Å². The van der Waals surface area contributed by atoms with Gasteiger partial charge in [-0.3, -0.25) is 4.79 Å². The van der Waals surface area contributed by atoms with Crippen LogP contribution in [0.3, 0.4) is 0 Å². The molecule has 130 valence electrons. The Bertz CT molecular complexity index is 839. The van der Waals surface area contributed by atoms with Crippen LogP contribution in [0.5, 0.6) is 0 Å². The fraction of sp³-hybridized carbons (Fsp3) is 0.286. The molecular formula is C21H24N2O2. The van der Waals surface area contributed by atoms with Gasteiger partial charge in [0.1, 0.15) is 0 Å². The van der Waals surface area contributed by atoms with Crippen molar-refractivity contribution < 1.29 is 9.90 Å². The van der Waals surface area contributed by atoms with E-state index >= 15 is 0 Å². The van der Waals surface area contributed by atoms with Crippen molar-refractivity contribution in [1.29, 1.82) is 0 Å². The summed E-state index contributed by atoms with van der Waals surface area (Å²) >= 11 is 0. The minimum atomic E-state index is -0.0353. The van der Waals surface area contributed by atoms with E-state index in [2.05, 4.69) is 24.0 Å². The van der Waals surface area contributed by atoms with Crippen LogP contribution in [0.1, 0.15) is 23.6 Å². The number of aromatic amines is 1. The molecule has 1 aromatic heterocycles. The third kappa shape index (κ3) is 3.91. The summed E-state index contributed by atoms with van der Waals surface area (Å²) in [4.78, 5) is 17.8. The number of aliphatic hydroxyl groups is 1. The molecule has 2 aromatic carbocycles. The fourth-order valence-electron chi connectivity index (χ4n) is 3.21. The van der Waals surface area contributed by atoms with Crippen molar-refractivity contribution in [3.8, 4) is 0 Å². The number of para-hydroxylation sites is 1. The molecule has 25 heavy (non-hydrogen) atoms. The van der Waals surface area contributed by atoms with Crippen LogP contribution in [0, 0.1) is 0 Å². The Morgan fingerprint density at radius 2 is 1.88 bits per heavy atom. The predicted octanol–water partition coefficient (Wildman–Crippen LogP) is 3.29. The first-order chi connectivity index (χ1) is 12.2. The lowest BCUT2D eigenvalue weighted by molar-refractivity contribution is -0.131. The van der Waals surface area contributed by atoms with Crippen LogP contribution in [-0.2, 0) is 24.2 Å². The lowest BCUT2D eigenvalue weighted by Gasteiger charge is -2.22. The van der Waals surface area contributed by atoms with Crippen LogP contribution >= 0.6 is 0 Å². The molecule has 1 heterocycles. The first-order valence-electron chi connectivity index (χ1n) is 8.73. The van der Waals surface area contributed by atoms with E-state index in [1.54, 1.807) is 4.90 Å². The average molecular weight is 336 g/mol. The Morgan fingerprint density at radius 3 is 2.60 bits per heavy atom. The van der Waals surface area contributed by atoms with Crippen molar-refractivity contribution in [2.75, 3.05) is 13.2 Å². The topological polar surface area (TPSA) is 56.3 Å². The van der Waals surface area contributed by atoms with Gasteiger partial charge in [0.2, 0.25) is 5.91 Å². The number of H-pyrrole nitrogens is 1. The van der Waals surface area contributed by atoms with Crippen molar-refractivity contribution >= 4 is 16.8 Å². The molecule has 0 fully saturated rings. The highest BCUT2D eigenvalue weighted by Crippen LogP contribution is 2.23. The maximum Gasteiger partial charge on any atom is 0.227 e. The summed E-state index contributed by atoms with van der Waals surface area (Å²) in [5, 5.41) is 10.4. The second kappa shape index (κ2) is 7.99. The van der Waals surface area contributed by atoms with E-state index in [4.69, 9.17) is 0 Å². The molecule has 1 amide bonds. The van der Waals surface area contributed by atoms with Crippen LogP contribution in [0.2, 0.25) is 0 Å². The van der Waals surface area contributed by atoms with Gasteiger partial charge < -0.3 is 15.0 Å². The molecule has 0 aliphatic carbocycles. The van der Waals surface area contributed by atoms with E-state index in [-0.39, 0.29) is 12.5 Å². The van der Waals surface area contributed by atoms with Crippen molar-refractivity contribution in [3.63, 3.8) is 0 Å². The number of aryl methyl sites for hydroxylation is 1. The quantitative estimate of drug-likeness (QED) is 0.695. The lowest BCUT2D eigenvalue weighted by atomic mass is 10.0. The molecule has 0 radical (unpaired) electrons. The van der Waals surface area contributed by atoms with Crippen molar-refractivity contribution in [2.45, 2.75) is 26.3 Å². The zero-order valence-electron chi connectivity index (χ0n) is 14.5. The number of rotatable bonds is 7. The Hall–Kier alpha value is -2.59. The number of benzene rings is 2. The zero-order valence-corrected chi connectivity index (χ0v) is 14.5. The molecule has 0 aliphatic heterocycles. The number of nitrogens with one attached hydrogen (secondary N) is 1. The third-order valence-electron chi connectivity index (χ3n) is 4.55. The van der Waals surface area contributed by atoms with Crippen LogP contribution in [0.15, 0.2) is 54.7 Å². The Balaban J connectivity index is 1.79. The zero-order chi connectivity index (χ0) is 17.6. The summed E-state index contributed by atoms with van der Waals surface area (Å²) in [7, 11) is 0. The molecular weight excluding hydrogens is 312 g/mol. The van der Waals surface area contributed by atoms with Crippen LogP contribution in [-0.4, -0.2) is 34.0 Å². The van der Waals surface area contributed by atoms with Crippen LogP contribution < -0.4 is 0 Å². The average Bonchev–Trinajstić information content (AvgIpc) is 3.05. The molecule has 3 aromatic rings. The first kappa shape index (κ1) is 17.2. The summed E-state index contributed by atoms with van der Waals surface area (Å²) in [6, 6.07) is 16.1. The minimum absolute atomic E-state index is 0.0284. The second-order valence-electron chi connectivity index (χ2n) is 6.21. The number of fused-ring (bicyclic) bond motifs is 1. The molecule has 3 rings (SSSR count). The van der Waals surface area contributed by atoms with Crippen molar-refractivity contribution in [3.05, 3.63) is 71.4 Å². The maximum atomic E-state index is 12.8. The highest BCUT2D eigenvalue weighted by molar-refractivity contribution is 5.90. The number of nitrogens with zero attached hydrogens (tertiary/aromatic N) is 1. The van der Waals surface area contributed by atoms with Gasteiger partial charge in [-0.15, -0.1) is 0 Å². The molecule has 2 N–H and O–H groups in total. The van der Waals surface area contributed by atoms with E-state index in [1.807, 2.05) is 42.6 Å². The van der Waals surface area contributed by atoms with Crippen LogP contribution in [0.4, 0.5) is 0 Å². The summed E-state index contributed by atoms with van der Waals surface area (Å²) in [6.45, 7) is 2.95. The number of amides is 1. The largest absolute Gasteiger partial charge is 0.395 e. The maximum absolute atomic E-state index is 12.8. The predicted molar refractivity (Wildman–Crippen MR) is 100 cm³/mol. The van der Waals surface area contributed by atoms with E-state index in [0.717, 1.165) is 28.5 Å². The Labute approximate surface area is 148 Å². The van der Waals surface area contributed by atoms with Gasteiger partial charge in [-0.25, -0.2) is 0 Å². The monoisotopic (exact) mass is 336 g/mol. The summed E-state index contributed by atoms with van der Waals surface area (Å²) < 4.78 is 0. The van der Waals surface area contributed by atoms with Gasteiger partial charge in [0, 0.05) is 30.2 Å². The van der Waals surface area contributed by atoms with Crippen LogP contribution in [0.25, 0.3) is 10.9 Å². The van der Waals surface area contributed by atoms with Gasteiger partial charge in [0.15, 0.2) is 0 Å². The number of hydrogen-bond acceptors (Lipinski definition) is 2. The number of aliphatic hydroxyl groups excluding tert-OH is 1. The lowest BCUT2D eigenvalue weighted by Crippen LogP contribution is -2.34. The fourth-order valence-corrected chi connectivity index (χ4v) is 3.21. The number of carbonyl (C=O) groups excluding carboxylic acids is 1. The smallest absolute Gasteiger partial charge is 0.227 e. The van der Waals surface area contributed by atoms with E-state index in [1.165, 1.54) is 5.56 Å². The third-order valence-corrected chi connectivity index (χ3v) is 4.55. The van der Waals surface area contributed by atoms with Gasteiger partial charge in [-0.2, -0.15) is 0 Å². The minimum Gasteiger partial charge on any atom is -0.395 e. The van der Waals surface area contributed by atoms with E-state index in [0.29, 0.717) is 19.5 Å².